The smallest absolute Gasteiger partial charge is 0.336 e. The van der Waals surface area contributed by atoms with Crippen LogP contribution in [-0.2, 0) is 13.0 Å². The minimum Gasteiger partial charge on any atom is -0.478 e. The molecule has 2 heterocycles. The van der Waals surface area contributed by atoms with Crippen LogP contribution < -0.4 is 4.90 Å². The molecule has 0 aliphatic carbocycles. The van der Waals surface area contributed by atoms with E-state index in [4.69, 9.17) is 0 Å². The van der Waals surface area contributed by atoms with Gasteiger partial charge in [0.15, 0.2) is 5.82 Å². The molecule has 1 aromatic carbocycles. The van der Waals surface area contributed by atoms with Gasteiger partial charge in [-0.25, -0.2) is 9.78 Å². The molecule has 1 aliphatic heterocycles. The molecule has 3 rings (SSSR count). The maximum Gasteiger partial charge on any atom is 0.336 e. The second-order valence-electron chi connectivity index (χ2n) is 5.93. The van der Waals surface area contributed by atoms with E-state index in [1.807, 2.05) is 6.07 Å². The third-order valence-corrected chi connectivity index (χ3v) is 3.98. The number of H-pyrrole nitrogens is 1. The average Bonchev–Trinajstić information content (AvgIpc) is 2.95. The van der Waals surface area contributed by atoms with Gasteiger partial charge in [-0.2, -0.15) is 5.10 Å². The summed E-state index contributed by atoms with van der Waals surface area (Å²) in [6, 6.07) is 5.47. The second kappa shape index (κ2) is 5.79. The normalized spacial score (nSPS) is 14.2. The third kappa shape index (κ3) is 2.68. The molecular weight excluding hydrogens is 280 g/mol. The van der Waals surface area contributed by atoms with Crippen LogP contribution in [0.5, 0.6) is 0 Å². The number of carboxylic acids is 1. The number of nitrogens with zero attached hydrogens (tertiary/aromatic N) is 3. The molecule has 0 unspecified atom stereocenters. The van der Waals surface area contributed by atoms with E-state index in [1.165, 1.54) is 0 Å². The van der Waals surface area contributed by atoms with Crippen LogP contribution in [0.2, 0.25) is 0 Å². The van der Waals surface area contributed by atoms with Crippen molar-refractivity contribution in [1.82, 2.24) is 15.2 Å². The molecule has 0 saturated heterocycles. The van der Waals surface area contributed by atoms with Gasteiger partial charge in [0.05, 0.1) is 12.1 Å². The minimum atomic E-state index is -0.861. The number of carbonyl (C=O) groups is 1. The monoisotopic (exact) mass is 300 g/mol. The molecule has 22 heavy (non-hydrogen) atoms. The van der Waals surface area contributed by atoms with E-state index >= 15 is 0 Å². The van der Waals surface area contributed by atoms with Crippen LogP contribution in [-0.4, -0.2) is 32.8 Å². The lowest BCUT2D eigenvalue weighted by atomic mass is 9.96. The molecule has 0 bridgehead atoms. The fourth-order valence-electron chi connectivity index (χ4n) is 2.89. The number of aromatic amines is 1. The highest BCUT2D eigenvalue weighted by molar-refractivity contribution is 5.91. The van der Waals surface area contributed by atoms with Gasteiger partial charge in [-0.1, -0.05) is 19.9 Å². The van der Waals surface area contributed by atoms with Crippen molar-refractivity contribution in [3.63, 3.8) is 0 Å². The predicted molar refractivity (Wildman–Crippen MR) is 83.2 cm³/mol. The molecular formula is C16H20N4O2. The van der Waals surface area contributed by atoms with Crippen molar-refractivity contribution in [1.29, 1.82) is 0 Å². The van der Waals surface area contributed by atoms with Crippen LogP contribution in [0, 0.1) is 0 Å². The Kier molecular flexibility index (Phi) is 3.83. The third-order valence-electron chi connectivity index (χ3n) is 3.98. The molecule has 6 nitrogen and oxygen atoms in total. The Morgan fingerprint density at radius 2 is 2.27 bits per heavy atom. The number of aromatic nitrogens is 3. The molecule has 6 heteroatoms. The van der Waals surface area contributed by atoms with E-state index < -0.39 is 5.97 Å². The average molecular weight is 300 g/mol. The highest BCUT2D eigenvalue weighted by Crippen LogP contribution is 2.30. The predicted octanol–water partition coefficient (Wildman–Crippen LogP) is 2.58. The summed E-state index contributed by atoms with van der Waals surface area (Å²) in [7, 11) is 0. The van der Waals surface area contributed by atoms with Crippen molar-refractivity contribution in [2.24, 2.45) is 0 Å². The Hall–Kier alpha value is -2.37. The number of hydrogen-bond acceptors (Lipinski definition) is 4. The number of rotatable bonds is 4. The summed E-state index contributed by atoms with van der Waals surface area (Å²) in [5.41, 5.74) is 2.32. The van der Waals surface area contributed by atoms with Crippen LogP contribution in [0.15, 0.2) is 18.2 Å². The van der Waals surface area contributed by atoms with Crippen molar-refractivity contribution in [2.45, 2.75) is 39.2 Å². The zero-order valence-corrected chi connectivity index (χ0v) is 12.8. The van der Waals surface area contributed by atoms with Gasteiger partial charge in [0.2, 0.25) is 0 Å². The quantitative estimate of drug-likeness (QED) is 0.907. The zero-order valence-electron chi connectivity index (χ0n) is 12.8. The van der Waals surface area contributed by atoms with Gasteiger partial charge in [0.25, 0.3) is 0 Å². The molecule has 2 N–H and O–H groups in total. The second-order valence-corrected chi connectivity index (χ2v) is 5.93. The van der Waals surface area contributed by atoms with E-state index in [0.717, 1.165) is 42.3 Å². The molecule has 0 fully saturated rings. The van der Waals surface area contributed by atoms with Gasteiger partial charge in [0.1, 0.15) is 5.82 Å². The van der Waals surface area contributed by atoms with Crippen LogP contribution in [0.25, 0.3) is 0 Å². The first-order valence-electron chi connectivity index (χ1n) is 7.57. The van der Waals surface area contributed by atoms with Crippen LogP contribution in [0.3, 0.4) is 0 Å². The number of benzene rings is 1. The highest BCUT2D eigenvalue weighted by atomic mass is 16.4. The maximum atomic E-state index is 11.4. The summed E-state index contributed by atoms with van der Waals surface area (Å²) < 4.78 is 0. The van der Waals surface area contributed by atoms with Crippen molar-refractivity contribution >= 4 is 11.7 Å². The zero-order chi connectivity index (χ0) is 15.7. The first kappa shape index (κ1) is 14.6. The Morgan fingerprint density at radius 1 is 1.45 bits per heavy atom. The maximum absolute atomic E-state index is 11.4. The number of nitrogens with one attached hydrogen (secondary N) is 1. The SMILES string of the molecule is CC(C)c1n[nH]c(CN2CCCc3c(C(=O)O)cccc32)n1. The molecule has 0 saturated carbocycles. The number of fused-ring (bicyclic) bond motifs is 1. The van der Waals surface area contributed by atoms with Crippen LogP contribution in [0.4, 0.5) is 5.69 Å². The van der Waals surface area contributed by atoms with Crippen molar-refractivity contribution in [3.05, 3.63) is 41.0 Å². The van der Waals surface area contributed by atoms with Crippen molar-refractivity contribution in [2.75, 3.05) is 11.4 Å². The molecule has 0 atom stereocenters. The van der Waals surface area contributed by atoms with Gasteiger partial charge < -0.3 is 10.0 Å². The Morgan fingerprint density at radius 3 is 2.95 bits per heavy atom. The summed E-state index contributed by atoms with van der Waals surface area (Å²) in [6.07, 6.45) is 1.75. The van der Waals surface area contributed by atoms with E-state index in [-0.39, 0.29) is 5.92 Å². The molecule has 2 aromatic rings. The molecule has 1 aliphatic rings. The lowest BCUT2D eigenvalue weighted by Crippen LogP contribution is -2.30. The molecule has 0 radical (unpaired) electrons. The molecule has 0 spiro atoms. The van der Waals surface area contributed by atoms with E-state index in [1.54, 1.807) is 12.1 Å². The van der Waals surface area contributed by atoms with Gasteiger partial charge in [-0.05, 0) is 30.5 Å². The Balaban J connectivity index is 1.88. The molecule has 116 valence electrons. The summed E-state index contributed by atoms with van der Waals surface area (Å²) >= 11 is 0. The summed E-state index contributed by atoms with van der Waals surface area (Å²) in [4.78, 5) is 18.1. The van der Waals surface area contributed by atoms with Crippen molar-refractivity contribution < 1.29 is 9.90 Å². The Bertz CT molecular complexity index is 693. The lowest BCUT2D eigenvalue weighted by molar-refractivity contribution is 0.0695. The number of hydrogen-bond donors (Lipinski definition) is 2. The first-order chi connectivity index (χ1) is 10.6. The van der Waals surface area contributed by atoms with Gasteiger partial charge in [0, 0.05) is 18.2 Å². The van der Waals surface area contributed by atoms with Crippen molar-refractivity contribution in [3.8, 4) is 0 Å². The first-order valence-corrected chi connectivity index (χ1v) is 7.57. The Labute approximate surface area is 129 Å². The van der Waals surface area contributed by atoms with E-state index in [2.05, 4.69) is 33.9 Å². The van der Waals surface area contributed by atoms with Crippen LogP contribution in [0.1, 0.15) is 53.8 Å². The standard InChI is InChI=1S/C16H20N4O2/c1-10(2)15-17-14(18-19-15)9-20-8-4-6-11-12(16(21)22)5-3-7-13(11)20/h3,5,7,10H,4,6,8-9H2,1-2H3,(H,21,22)(H,17,18,19). The van der Waals surface area contributed by atoms with Crippen LogP contribution >= 0.6 is 0 Å². The van der Waals surface area contributed by atoms with E-state index in [9.17, 15) is 9.90 Å². The number of aromatic carboxylic acids is 1. The molecule has 0 amide bonds. The van der Waals surface area contributed by atoms with E-state index in [0.29, 0.717) is 12.1 Å². The topological polar surface area (TPSA) is 82.1 Å². The molecule has 1 aromatic heterocycles. The summed E-state index contributed by atoms with van der Waals surface area (Å²) in [6.45, 7) is 5.63. The van der Waals surface area contributed by atoms with Gasteiger partial charge in [-0.3, -0.25) is 5.10 Å². The van der Waals surface area contributed by atoms with Gasteiger partial charge in [-0.15, -0.1) is 0 Å². The van der Waals surface area contributed by atoms with Gasteiger partial charge >= 0.3 is 5.97 Å². The fraction of sp³-hybridized carbons (Fsp3) is 0.438. The lowest BCUT2D eigenvalue weighted by Gasteiger charge is -2.31. The summed E-state index contributed by atoms with van der Waals surface area (Å²) in [5, 5.41) is 16.5. The number of carboxylic acid groups (broad SMARTS) is 1. The highest BCUT2D eigenvalue weighted by Gasteiger charge is 2.22. The minimum absolute atomic E-state index is 0.289. The fourth-order valence-corrected chi connectivity index (χ4v) is 2.89. The largest absolute Gasteiger partial charge is 0.478 e. The number of anilines is 1. The summed E-state index contributed by atoms with van der Waals surface area (Å²) in [5.74, 6) is 1.06.